The molecule has 0 amide bonds. The van der Waals surface area contributed by atoms with Crippen LogP contribution < -0.4 is 0 Å². The fourth-order valence-electron chi connectivity index (χ4n) is 9.55. The second-order valence-electron chi connectivity index (χ2n) is 14.4. The largest absolute Gasteiger partial charge is 0.469 e. The quantitative estimate of drug-likeness (QED) is 0.371. The lowest BCUT2D eigenvalue weighted by atomic mass is 9.42. The number of aliphatic hydroxyl groups excluding tert-OH is 4. The maximum atomic E-state index is 14.1. The first-order valence-corrected chi connectivity index (χ1v) is 14.5. The van der Waals surface area contributed by atoms with Crippen LogP contribution in [0.1, 0.15) is 87.0 Å². The van der Waals surface area contributed by atoms with Gasteiger partial charge in [-0.15, -0.1) is 0 Å². The molecule has 220 valence electrons. The van der Waals surface area contributed by atoms with E-state index >= 15 is 0 Å². The predicted octanol–water partition coefficient (Wildman–Crippen LogP) is 2.98. The average molecular weight is 549 g/mol. The first-order chi connectivity index (χ1) is 17.9. The standard InChI is InChI=1S/C31H48O8/c1-15(11-19(33)26(37)16(2)27(38)39-8)17-12-23(36)31(7)25-18(32)13-21-28(3,4)22(35)9-10-29(21,5)24(25)20(34)14-30(17,31)6/h15-18,21-23,26,32,35-37H,9-14H2,1-8H3. The number of carbonyl (C=O) groups excluding carboxylic acids is 3. The fraction of sp³-hybridized carbons (Fsp3) is 0.839. The number of methoxy groups -OCH3 is 1. The lowest BCUT2D eigenvalue weighted by Crippen LogP contribution is -2.61. The zero-order valence-electron chi connectivity index (χ0n) is 24.8. The van der Waals surface area contributed by atoms with E-state index in [-0.39, 0.29) is 36.4 Å². The number of esters is 1. The summed E-state index contributed by atoms with van der Waals surface area (Å²) in [6, 6.07) is 0. The van der Waals surface area contributed by atoms with Gasteiger partial charge in [-0.3, -0.25) is 14.4 Å². The molecule has 0 bridgehead atoms. The van der Waals surface area contributed by atoms with Gasteiger partial charge in [0.05, 0.1) is 31.3 Å². The van der Waals surface area contributed by atoms with E-state index in [9.17, 15) is 34.8 Å². The number of aliphatic hydroxyl groups is 4. The summed E-state index contributed by atoms with van der Waals surface area (Å²) in [7, 11) is 1.21. The first kappa shape index (κ1) is 30.4. The minimum Gasteiger partial charge on any atom is -0.469 e. The minimum atomic E-state index is -1.49. The third-order valence-electron chi connectivity index (χ3n) is 12.2. The van der Waals surface area contributed by atoms with E-state index in [1.807, 2.05) is 34.6 Å². The van der Waals surface area contributed by atoms with Crippen LogP contribution in [0.5, 0.6) is 0 Å². The van der Waals surface area contributed by atoms with Gasteiger partial charge >= 0.3 is 5.97 Å². The van der Waals surface area contributed by atoms with Crippen molar-refractivity contribution in [3.05, 3.63) is 11.1 Å². The molecule has 0 aliphatic heterocycles. The van der Waals surface area contributed by atoms with E-state index in [0.717, 1.165) is 0 Å². The SMILES string of the molecule is COC(=O)C(C)C(O)C(=O)CC(C)C1CC(O)C2(C)C3=C(C(=O)CC12C)C1(C)CCC(O)C(C)(C)C1CC3O. The van der Waals surface area contributed by atoms with Gasteiger partial charge in [0.25, 0.3) is 0 Å². The molecule has 11 atom stereocenters. The van der Waals surface area contributed by atoms with Gasteiger partial charge in [-0.1, -0.05) is 41.5 Å². The van der Waals surface area contributed by atoms with Crippen LogP contribution in [0.25, 0.3) is 0 Å². The molecule has 0 saturated heterocycles. The molecule has 8 heteroatoms. The van der Waals surface area contributed by atoms with Crippen molar-refractivity contribution in [2.75, 3.05) is 7.11 Å². The van der Waals surface area contributed by atoms with Crippen LogP contribution in [-0.4, -0.2) is 69.5 Å². The fourth-order valence-corrected chi connectivity index (χ4v) is 9.55. The maximum absolute atomic E-state index is 14.1. The summed E-state index contributed by atoms with van der Waals surface area (Å²) in [5.74, 6) is -2.70. The van der Waals surface area contributed by atoms with Gasteiger partial charge in [0, 0.05) is 23.8 Å². The highest BCUT2D eigenvalue weighted by atomic mass is 16.5. The summed E-state index contributed by atoms with van der Waals surface area (Å²) >= 11 is 0. The van der Waals surface area contributed by atoms with Crippen LogP contribution in [0.4, 0.5) is 0 Å². The van der Waals surface area contributed by atoms with Crippen molar-refractivity contribution in [1.82, 2.24) is 0 Å². The highest BCUT2D eigenvalue weighted by Gasteiger charge is 2.70. The predicted molar refractivity (Wildman–Crippen MR) is 144 cm³/mol. The number of carbonyl (C=O) groups is 3. The summed E-state index contributed by atoms with van der Waals surface area (Å²) in [5, 5.41) is 44.7. The Morgan fingerprint density at radius 1 is 1.03 bits per heavy atom. The third kappa shape index (κ3) is 4.11. The topological polar surface area (TPSA) is 141 Å². The van der Waals surface area contributed by atoms with E-state index in [0.29, 0.717) is 36.8 Å². The molecule has 39 heavy (non-hydrogen) atoms. The highest BCUT2D eigenvalue weighted by Crippen LogP contribution is 2.71. The Kier molecular flexibility index (Phi) is 7.58. The Morgan fingerprint density at radius 3 is 2.23 bits per heavy atom. The Labute approximate surface area is 232 Å². The zero-order chi connectivity index (χ0) is 29.5. The summed E-state index contributed by atoms with van der Waals surface area (Å²) < 4.78 is 4.67. The Balaban J connectivity index is 1.72. The van der Waals surface area contributed by atoms with Gasteiger partial charge in [0.1, 0.15) is 6.10 Å². The maximum Gasteiger partial charge on any atom is 0.311 e. The summed E-state index contributed by atoms with van der Waals surface area (Å²) in [5.41, 5.74) is -1.26. The van der Waals surface area contributed by atoms with Gasteiger partial charge < -0.3 is 25.2 Å². The molecule has 4 rings (SSSR count). The second kappa shape index (κ2) is 9.74. The number of ketones is 2. The van der Waals surface area contributed by atoms with Crippen LogP contribution in [0.2, 0.25) is 0 Å². The van der Waals surface area contributed by atoms with E-state index in [1.54, 1.807) is 0 Å². The van der Waals surface area contributed by atoms with E-state index in [2.05, 4.69) is 11.7 Å². The van der Waals surface area contributed by atoms with Gasteiger partial charge in [-0.25, -0.2) is 0 Å². The van der Waals surface area contributed by atoms with Crippen LogP contribution in [0, 0.1) is 45.3 Å². The van der Waals surface area contributed by atoms with E-state index in [4.69, 9.17) is 0 Å². The van der Waals surface area contributed by atoms with E-state index in [1.165, 1.54) is 14.0 Å². The normalized spacial score (nSPS) is 43.6. The van der Waals surface area contributed by atoms with E-state index < -0.39 is 63.7 Å². The smallest absolute Gasteiger partial charge is 0.311 e. The van der Waals surface area contributed by atoms with Crippen molar-refractivity contribution in [1.29, 1.82) is 0 Å². The number of Topliss-reactive ketones (excluding diaryl/α,β-unsaturated/α-hetero) is 2. The second-order valence-corrected chi connectivity index (χ2v) is 14.4. The van der Waals surface area contributed by atoms with Gasteiger partial charge in [-0.2, -0.15) is 0 Å². The highest BCUT2D eigenvalue weighted by molar-refractivity contribution is 6.00. The summed E-state index contributed by atoms with van der Waals surface area (Å²) in [6.07, 6.45) is -1.54. The molecule has 0 aromatic carbocycles. The number of allylic oxidation sites excluding steroid dienone is 1. The minimum absolute atomic E-state index is 0.0000730. The number of rotatable bonds is 6. The first-order valence-electron chi connectivity index (χ1n) is 14.5. The Bertz CT molecular complexity index is 1080. The molecule has 4 N–H and O–H groups in total. The van der Waals surface area contributed by atoms with Crippen LogP contribution >= 0.6 is 0 Å². The molecule has 4 aliphatic rings. The molecular weight excluding hydrogens is 500 g/mol. The number of ether oxygens (including phenoxy) is 1. The van der Waals surface area contributed by atoms with Crippen LogP contribution in [0.15, 0.2) is 11.1 Å². The molecule has 11 unspecified atom stereocenters. The van der Waals surface area contributed by atoms with Gasteiger partial charge in [-0.05, 0) is 72.2 Å². The van der Waals surface area contributed by atoms with Crippen molar-refractivity contribution < 1.29 is 39.5 Å². The van der Waals surface area contributed by atoms with Crippen molar-refractivity contribution in [2.24, 2.45) is 45.3 Å². The molecular formula is C31H48O8. The van der Waals surface area contributed by atoms with Gasteiger partial charge in [0.15, 0.2) is 11.6 Å². The zero-order valence-corrected chi connectivity index (χ0v) is 24.8. The van der Waals surface area contributed by atoms with Crippen LogP contribution in [0.3, 0.4) is 0 Å². The summed E-state index contributed by atoms with van der Waals surface area (Å²) in [6.45, 7) is 13.5. The molecule has 0 aromatic rings. The molecule has 2 fully saturated rings. The molecule has 0 heterocycles. The molecule has 8 nitrogen and oxygen atoms in total. The van der Waals surface area contributed by atoms with Crippen molar-refractivity contribution in [3.8, 4) is 0 Å². The van der Waals surface area contributed by atoms with Crippen molar-refractivity contribution in [2.45, 2.75) is 111 Å². The average Bonchev–Trinajstić information content (AvgIpc) is 3.07. The number of hydrogen-bond donors (Lipinski definition) is 4. The number of hydrogen-bond acceptors (Lipinski definition) is 8. The lowest BCUT2D eigenvalue weighted by molar-refractivity contribution is -0.153. The molecule has 4 aliphatic carbocycles. The molecule has 0 spiro atoms. The number of fused-ring (bicyclic) bond motifs is 4. The van der Waals surface area contributed by atoms with Crippen LogP contribution in [-0.2, 0) is 19.1 Å². The lowest BCUT2D eigenvalue weighted by Gasteiger charge is -2.62. The third-order valence-corrected chi connectivity index (χ3v) is 12.2. The Morgan fingerprint density at radius 2 is 1.64 bits per heavy atom. The molecule has 2 saturated carbocycles. The van der Waals surface area contributed by atoms with Crippen molar-refractivity contribution >= 4 is 17.5 Å². The summed E-state index contributed by atoms with van der Waals surface area (Å²) in [4.78, 5) is 39.0. The molecule has 0 aromatic heterocycles. The molecule has 0 radical (unpaired) electrons. The monoisotopic (exact) mass is 548 g/mol. The van der Waals surface area contributed by atoms with Gasteiger partial charge in [0.2, 0.25) is 0 Å². The van der Waals surface area contributed by atoms with Crippen molar-refractivity contribution in [3.63, 3.8) is 0 Å². The Hall–Kier alpha value is -1.61.